The molecule has 110 valence electrons. The van der Waals surface area contributed by atoms with Crippen LogP contribution < -0.4 is 10.6 Å². The average molecular weight is 267 g/mol. The van der Waals surface area contributed by atoms with E-state index in [9.17, 15) is 5.11 Å². The maximum Gasteiger partial charge on any atom is 0.191 e. The third-order valence-electron chi connectivity index (χ3n) is 4.95. The zero-order chi connectivity index (χ0) is 13.7. The summed E-state index contributed by atoms with van der Waals surface area (Å²) in [6.07, 6.45) is 8.31. The average Bonchev–Trinajstić information content (AvgIpc) is 2.35. The predicted molar refractivity (Wildman–Crippen MR) is 79.3 cm³/mol. The van der Waals surface area contributed by atoms with E-state index >= 15 is 0 Å². The number of nitrogens with one attached hydrogen (secondary N) is 2. The number of nitrogens with zero attached hydrogens (tertiary/aromatic N) is 1. The molecule has 4 nitrogen and oxygen atoms in total. The molecule has 0 saturated heterocycles. The summed E-state index contributed by atoms with van der Waals surface area (Å²) in [6, 6.07) is 0. The number of aliphatic hydroxyl groups excluding tert-OH is 1. The molecule has 3 N–H and O–H groups in total. The van der Waals surface area contributed by atoms with Crippen LogP contribution in [0.15, 0.2) is 4.99 Å². The Kier molecular flexibility index (Phi) is 5.08. The van der Waals surface area contributed by atoms with Crippen molar-refractivity contribution in [2.75, 3.05) is 20.1 Å². The molecule has 0 radical (unpaired) electrons. The number of aliphatic imine (C=N–C) groups is 1. The van der Waals surface area contributed by atoms with Crippen LogP contribution in [-0.2, 0) is 0 Å². The SMILES string of the molecule is CN=C(NCC1CCC1)NCC1(C)CCCCC1O. The topological polar surface area (TPSA) is 56.7 Å². The standard InChI is InChI=1S/C15H29N3O/c1-15(9-4-3-8-13(15)19)11-18-14(16-2)17-10-12-6-5-7-12/h12-13,19H,3-11H2,1-2H3,(H2,16,17,18). The van der Waals surface area contributed by atoms with E-state index in [4.69, 9.17) is 0 Å². The molecule has 19 heavy (non-hydrogen) atoms. The summed E-state index contributed by atoms with van der Waals surface area (Å²) in [6.45, 7) is 4.01. The molecule has 2 aliphatic carbocycles. The van der Waals surface area contributed by atoms with Gasteiger partial charge in [0.1, 0.15) is 0 Å². The summed E-state index contributed by atoms with van der Waals surface area (Å²) in [5.41, 5.74) is -0.00760. The number of hydrogen-bond donors (Lipinski definition) is 3. The Morgan fingerprint density at radius 1 is 1.21 bits per heavy atom. The first-order chi connectivity index (χ1) is 9.14. The van der Waals surface area contributed by atoms with Gasteiger partial charge in [0, 0.05) is 25.6 Å². The van der Waals surface area contributed by atoms with Crippen LogP contribution >= 0.6 is 0 Å². The molecule has 0 bridgehead atoms. The maximum absolute atomic E-state index is 10.2. The first-order valence-electron chi connectivity index (χ1n) is 7.76. The summed E-state index contributed by atoms with van der Waals surface area (Å²) in [7, 11) is 1.82. The Balaban J connectivity index is 1.75. The molecule has 2 rings (SSSR count). The van der Waals surface area contributed by atoms with Crippen LogP contribution in [0.5, 0.6) is 0 Å². The molecule has 0 amide bonds. The molecule has 0 aromatic heterocycles. The van der Waals surface area contributed by atoms with Gasteiger partial charge in [0.2, 0.25) is 0 Å². The minimum absolute atomic E-state index is 0.00760. The van der Waals surface area contributed by atoms with Gasteiger partial charge in [-0.15, -0.1) is 0 Å². The molecule has 2 unspecified atom stereocenters. The van der Waals surface area contributed by atoms with Gasteiger partial charge in [0.15, 0.2) is 5.96 Å². The van der Waals surface area contributed by atoms with Crippen molar-refractivity contribution in [3.63, 3.8) is 0 Å². The molecule has 0 aromatic rings. The molecular formula is C15H29N3O. The van der Waals surface area contributed by atoms with Crippen molar-refractivity contribution in [3.8, 4) is 0 Å². The maximum atomic E-state index is 10.2. The van der Waals surface area contributed by atoms with Crippen LogP contribution in [0.3, 0.4) is 0 Å². The first-order valence-corrected chi connectivity index (χ1v) is 7.76. The van der Waals surface area contributed by atoms with E-state index in [1.165, 1.54) is 25.7 Å². The van der Waals surface area contributed by atoms with Gasteiger partial charge in [-0.1, -0.05) is 26.2 Å². The van der Waals surface area contributed by atoms with Crippen molar-refractivity contribution in [1.29, 1.82) is 0 Å². The van der Waals surface area contributed by atoms with Crippen molar-refractivity contribution in [1.82, 2.24) is 10.6 Å². The van der Waals surface area contributed by atoms with Gasteiger partial charge in [-0.25, -0.2) is 0 Å². The van der Waals surface area contributed by atoms with Gasteiger partial charge in [-0.05, 0) is 31.6 Å². The van der Waals surface area contributed by atoms with Crippen molar-refractivity contribution >= 4 is 5.96 Å². The van der Waals surface area contributed by atoms with Gasteiger partial charge >= 0.3 is 0 Å². The molecular weight excluding hydrogens is 238 g/mol. The fourth-order valence-corrected chi connectivity index (χ4v) is 3.03. The Morgan fingerprint density at radius 3 is 2.58 bits per heavy atom. The molecule has 2 saturated carbocycles. The molecule has 2 atom stereocenters. The molecule has 0 spiro atoms. The Hall–Kier alpha value is -0.770. The van der Waals surface area contributed by atoms with Crippen LogP contribution in [0.2, 0.25) is 0 Å². The van der Waals surface area contributed by atoms with Gasteiger partial charge in [-0.2, -0.15) is 0 Å². The van der Waals surface area contributed by atoms with Crippen LogP contribution in [0.4, 0.5) is 0 Å². The highest BCUT2D eigenvalue weighted by atomic mass is 16.3. The van der Waals surface area contributed by atoms with Gasteiger partial charge in [0.25, 0.3) is 0 Å². The van der Waals surface area contributed by atoms with Crippen molar-refractivity contribution < 1.29 is 5.11 Å². The normalized spacial score (nSPS) is 32.8. The second-order valence-electron chi connectivity index (χ2n) is 6.52. The quantitative estimate of drug-likeness (QED) is 0.538. The minimum atomic E-state index is -0.182. The highest BCUT2D eigenvalue weighted by molar-refractivity contribution is 5.79. The van der Waals surface area contributed by atoms with Crippen LogP contribution in [-0.4, -0.2) is 37.3 Å². The largest absolute Gasteiger partial charge is 0.392 e. The Bertz CT molecular complexity index is 315. The predicted octanol–water partition coefficient (Wildman–Crippen LogP) is 1.89. The fourth-order valence-electron chi connectivity index (χ4n) is 3.03. The lowest BCUT2D eigenvalue weighted by atomic mass is 9.73. The molecule has 0 heterocycles. The van der Waals surface area contributed by atoms with E-state index in [2.05, 4.69) is 22.5 Å². The van der Waals surface area contributed by atoms with Crippen LogP contribution in [0.1, 0.15) is 51.9 Å². The molecule has 0 aliphatic heterocycles. The van der Waals surface area contributed by atoms with E-state index in [1.54, 1.807) is 0 Å². The third-order valence-corrected chi connectivity index (χ3v) is 4.95. The Labute approximate surface area is 117 Å². The second kappa shape index (κ2) is 6.60. The smallest absolute Gasteiger partial charge is 0.191 e. The Morgan fingerprint density at radius 2 is 2.00 bits per heavy atom. The summed E-state index contributed by atoms with van der Waals surface area (Å²) in [4.78, 5) is 4.27. The molecule has 4 heteroatoms. The lowest BCUT2D eigenvalue weighted by molar-refractivity contribution is 0.00396. The summed E-state index contributed by atoms with van der Waals surface area (Å²) in [5.74, 6) is 1.71. The number of rotatable bonds is 4. The highest BCUT2D eigenvalue weighted by Crippen LogP contribution is 2.35. The van der Waals surface area contributed by atoms with Crippen molar-refractivity contribution in [2.24, 2.45) is 16.3 Å². The summed E-state index contributed by atoms with van der Waals surface area (Å²) >= 11 is 0. The van der Waals surface area contributed by atoms with Gasteiger partial charge < -0.3 is 15.7 Å². The minimum Gasteiger partial charge on any atom is -0.392 e. The van der Waals surface area contributed by atoms with E-state index in [0.717, 1.165) is 44.2 Å². The first kappa shape index (κ1) is 14.6. The van der Waals surface area contributed by atoms with E-state index in [0.29, 0.717) is 0 Å². The molecule has 0 aromatic carbocycles. The van der Waals surface area contributed by atoms with E-state index in [-0.39, 0.29) is 11.5 Å². The third kappa shape index (κ3) is 3.85. The highest BCUT2D eigenvalue weighted by Gasteiger charge is 2.35. The van der Waals surface area contributed by atoms with E-state index in [1.807, 2.05) is 7.05 Å². The number of guanidine groups is 1. The van der Waals surface area contributed by atoms with Crippen LogP contribution in [0, 0.1) is 11.3 Å². The molecule has 2 aliphatic rings. The second-order valence-corrected chi connectivity index (χ2v) is 6.52. The summed E-state index contributed by atoms with van der Waals surface area (Å²) < 4.78 is 0. The fraction of sp³-hybridized carbons (Fsp3) is 0.933. The summed E-state index contributed by atoms with van der Waals surface area (Å²) in [5, 5.41) is 17.0. The molecule has 2 fully saturated rings. The lowest BCUT2D eigenvalue weighted by Gasteiger charge is -2.39. The monoisotopic (exact) mass is 267 g/mol. The van der Waals surface area contributed by atoms with Crippen molar-refractivity contribution in [3.05, 3.63) is 0 Å². The zero-order valence-electron chi connectivity index (χ0n) is 12.4. The number of aliphatic hydroxyl groups is 1. The zero-order valence-corrected chi connectivity index (χ0v) is 12.4. The van der Waals surface area contributed by atoms with Gasteiger partial charge in [-0.3, -0.25) is 4.99 Å². The lowest BCUT2D eigenvalue weighted by Crippen LogP contribution is -2.49. The van der Waals surface area contributed by atoms with Crippen LogP contribution in [0.25, 0.3) is 0 Å². The van der Waals surface area contributed by atoms with Gasteiger partial charge in [0.05, 0.1) is 6.10 Å². The number of hydrogen-bond acceptors (Lipinski definition) is 2. The van der Waals surface area contributed by atoms with E-state index < -0.39 is 0 Å². The van der Waals surface area contributed by atoms with Crippen molar-refractivity contribution in [2.45, 2.75) is 58.0 Å².